The highest BCUT2D eigenvalue weighted by molar-refractivity contribution is 5.98. The van der Waals surface area contributed by atoms with Gasteiger partial charge in [0.1, 0.15) is 11.6 Å². The molecule has 0 spiro atoms. The molecule has 1 aromatic heterocycles. The molecule has 0 aliphatic heterocycles. The van der Waals surface area contributed by atoms with Crippen LogP contribution in [0.1, 0.15) is 35.5 Å². The second-order valence-electron chi connectivity index (χ2n) is 6.35. The van der Waals surface area contributed by atoms with Crippen LogP contribution in [0.15, 0.2) is 41.1 Å². The van der Waals surface area contributed by atoms with Crippen molar-refractivity contribution < 1.29 is 32.9 Å². The van der Waals surface area contributed by atoms with E-state index in [0.717, 1.165) is 13.8 Å². The van der Waals surface area contributed by atoms with Crippen LogP contribution in [0.5, 0.6) is 0 Å². The number of nitrogens with one attached hydrogen (secondary N) is 3. The van der Waals surface area contributed by atoms with E-state index in [1.54, 1.807) is 6.07 Å². The van der Waals surface area contributed by atoms with Crippen LogP contribution in [-0.2, 0) is 9.59 Å². The lowest BCUT2D eigenvalue weighted by Crippen LogP contribution is -2.68. The summed E-state index contributed by atoms with van der Waals surface area (Å²) in [5.41, 5.74) is -0.683. The maximum atomic E-state index is 13.6. The fourth-order valence-corrected chi connectivity index (χ4v) is 2.52. The summed E-state index contributed by atoms with van der Waals surface area (Å²) in [7, 11) is 0. The van der Waals surface area contributed by atoms with Crippen LogP contribution < -0.4 is 16.1 Å². The Morgan fingerprint density at radius 3 is 2.33 bits per heavy atom. The summed E-state index contributed by atoms with van der Waals surface area (Å²) in [6.45, 7) is 1.86. The maximum Gasteiger partial charge on any atom is 0.268 e. The lowest BCUT2D eigenvalue weighted by Gasteiger charge is -2.36. The van der Waals surface area contributed by atoms with Crippen molar-refractivity contribution >= 4 is 17.7 Å². The third-order valence-electron chi connectivity index (χ3n) is 4.06. The minimum atomic E-state index is -3.24. The summed E-state index contributed by atoms with van der Waals surface area (Å²) < 4.78 is 32.1. The zero-order chi connectivity index (χ0) is 22.3. The van der Waals surface area contributed by atoms with Crippen molar-refractivity contribution in [1.82, 2.24) is 21.3 Å². The molecule has 0 saturated carbocycles. The van der Waals surface area contributed by atoms with E-state index in [1.165, 1.54) is 35.9 Å². The highest BCUT2D eigenvalue weighted by atomic mass is 19.3. The molecule has 0 radical (unpaired) electrons. The SMILES string of the molecule is CC(=O)NC(C)(C(F)F)[C@H](NC(=O)c1ccc(C#Cc2ccno2)cc1)C(=O)NO. The van der Waals surface area contributed by atoms with Gasteiger partial charge in [-0.1, -0.05) is 11.1 Å². The van der Waals surface area contributed by atoms with Gasteiger partial charge >= 0.3 is 0 Å². The summed E-state index contributed by atoms with van der Waals surface area (Å²) in [6.07, 6.45) is -1.80. The summed E-state index contributed by atoms with van der Waals surface area (Å²) >= 11 is 0. The number of hydroxylamine groups is 1. The lowest BCUT2D eigenvalue weighted by atomic mass is 9.91. The topological polar surface area (TPSA) is 134 Å². The Morgan fingerprint density at radius 1 is 1.17 bits per heavy atom. The average Bonchev–Trinajstić information content (AvgIpc) is 3.23. The molecule has 0 bridgehead atoms. The van der Waals surface area contributed by atoms with Crippen LogP contribution in [0, 0.1) is 11.8 Å². The Labute approximate surface area is 169 Å². The van der Waals surface area contributed by atoms with Crippen molar-refractivity contribution in [3.63, 3.8) is 0 Å². The van der Waals surface area contributed by atoms with Crippen molar-refractivity contribution in [2.45, 2.75) is 31.9 Å². The number of aromatic nitrogens is 1. The van der Waals surface area contributed by atoms with Crippen molar-refractivity contribution in [1.29, 1.82) is 0 Å². The molecular formula is C19H18F2N4O5. The van der Waals surface area contributed by atoms with Gasteiger partial charge in [0.05, 0.1) is 6.20 Å². The third kappa shape index (κ3) is 5.39. The van der Waals surface area contributed by atoms with Crippen LogP contribution in [-0.4, -0.2) is 46.1 Å². The quantitative estimate of drug-likeness (QED) is 0.311. The zero-order valence-electron chi connectivity index (χ0n) is 15.9. The Balaban J connectivity index is 2.22. The van der Waals surface area contributed by atoms with E-state index < -0.39 is 35.7 Å². The molecule has 0 aliphatic carbocycles. The van der Waals surface area contributed by atoms with Crippen LogP contribution in [0.3, 0.4) is 0 Å². The van der Waals surface area contributed by atoms with Gasteiger partial charge in [0.2, 0.25) is 11.7 Å². The number of carbonyl (C=O) groups is 3. The van der Waals surface area contributed by atoms with Crippen molar-refractivity contribution in [2.24, 2.45) is 0 Å². The molecule has 3 amide bonds. The molecule has 0 fully saturated rings. The van der Waals surface area contributed by atoms with Crippen molar-refractivity contribution in [3.05, 3.63) is 53.4 Å². The van der Waals surface area contributed by atoms with E-state index in [0.29, 0.717) is 11.3 Å². The highest BCUT2D eigenvalue weighted by Gasteiger charge is 2.48. The zero-order valence-corrected chi connectivity index (χ0v) is 15.9. The smallest absolute Gasteiger partial charge is 0.268 e. The molecule has 30 heavy (non-hydrogen) atoms. The predicted molar refractivity (Wildman–Crippen MR) is 98.3 cm³/mol. The van der Waals surface area contributed by atoms with Crippen LogP contribution >= 0.6 is 0 Å². The van der Waals surface area contributed by atoms with Gasteiger partial charge in [-0.3, -0.25) is 19.6 Å². The van der Waals surface area contributed by atoms with Crippen LogP contribution in [0.4, 0.5) is 8.78 Å². The standard InChI is InChI=1S/C19H18F2N4O5/c1-11(26)24-19(2,18(20)21)15(17(28)25-29)23-16(27)13-6-3-12(4-7-13)5-8-14-9-10-22-30-14/h3-4,6-7,9-10,15,18,29H,1-2H3,(H,23,27)(H,24,26)(H,25,28)/t15-,19?/m1/s1. The van der Waals surface area contributed by atoms with Gasteiger partial charge in [-0.25, -0.2) is 14.3 Å². The summed E-state index contributed by atoms with van der Waals surface area (Å²) in [5.74, 6) is 2.79. The highest BCUT2D eigenvalue weighted by Crippen LogP contribution is 2.21. The average molecular weight is 420 g/mol. The molecule has 11 heteroatoms. The fourth-order valence-electron chi connectivity index (χ4n) is 2.52. The first-order chi connectivity index (χ1) is 14.2. The Kier molecular flexibility index (Phi) is 7.22. The monoisotopic (exact) mass is 420 g/mol. The van der Waals surface area contributed by atoms with Gasteiger partial charge in [-0.05, 0) is 37.1 Å². The van der Waals surface area contributed by atoms with Crippen molar-refractivity contribution in [3.8, 4) is 11.8 Å². The molecule has 158 valence electrons. The minimum Gasteiger partial charge on any atom is -0.348 e. The number of carbonyl (C=O) groups excluding carboxylic acids is 3. The molecule has 4 N–H and O–H groups in total. The molecular weight excluding hydrogens is 402 g/mol. The van der Waals surface area contributed by atoms with E-state index in [-0.39, 0.29) is 5.56 Å². The van der Waals surface area contributed by atoms with Gasteiger partial charge < -0.3 is 15.2 Å². The van der Waals surface area contributed by atoms with E-state index in [9.17, 15) is 23.2 Å². The molecule has 9 nitrogen and oxygen atoms in total. The van der Waals surface area contributed by atoms with Gasteiger partial charge in [0.25, 0.3) is 18.2 Å². The first-order valence-corrected chi connectivity index (χ1v) is 8.52. The summed E-state index contributed by atoms with van der Waals surface area (Å²) in [4.78, 5) is 35.8. The van der Waals surface area contributed by atoms with E-state index in [1.807, 2.05) is 5.32 Å². The van der Waals surface area contributed by atoms with Gasteiger partial charge in [0.15, 0.2) is 0 Å². The van der Waals surface area contributed by atoms with E-state index in [4.69, 9.17) is 9.73 Å². The maximum absolute atomic E-state index is 13.6. The Bertz CT molecular complexity index is 967. The Morgan fingerprint density at radius 2 is 1.83 bits per heavy atom. The number of hydrogen-bond acceptors (Lipinski definition) is 6. The number of hydrogen-bond donors (Lipinski definition) is 4. The fraction of sp³-hybridized carbons (Fsp3) is 0.263. The molecule has 0 saturated heterocycles. The van der Waals surface area contributed by atoms with Crippen LogP contribution in [0.25, 0.3) is 0 Å². The molecule has 1 unspecified atom stereocenters. The van der Waals surface area contributed by atoms with E-state index >= 15 is 0 Å². The number of benzene rings is 1. The first kappa shape index (κ1) is 22.5. The molecule has 1 heterocycles. The normalized spacial score (nSPS) is 13.4. The molecule has 2 aromatic rings. The predicted octanol–water partition coefficient (Wildman–Crippen LogP) is 0.838. The van der Waals surface area contributed by atoms with Gasteiger partial charge in [-0.2, -0.15) is 0 Å². The molecule has 1 aromatic carbocycles. The number of rotatable bonds is 6. The summed E-state index contributed by atoms with van der Waals surface area (Å²) in [5, 5.41) is 16.5. The molecule has 0 aliphatic rings. The van der Waals surface area contributed by atoms with Crippen molar-refractivity contribution in [2.75, 3.05) is 0 Å². The van der Waals surface area contributed by atoms with E-state index in [2.05, 4.69) is 22.3 Å². The minimum absolute atomic E-state index is 0.0374. The lowest BCUT2D eigenvalue weighted by molar-refractivity contribution is -0.137. The van der Waals surface area contributed by atoms with Gasteiger partial charge in [-0.15, -0.1) is 0 Å². The first-order valence-electron chi connectivity index (χ1n) is 8.52. The second-order valence-corrected chi connectivity index (χ2v) is 6.35. The number of alkyl halides is 2. The third-order valence-corrected chi connectivity index (χ3v) is 4.06. The molecule has 2 rings (SSSR count). The number of halogens is 2. The van der Waals surface area contributed by atoms with Crippen LogP contribution in [0.2, 0.25) is 0 Å². The second kappa shape index (κ2) is 9.62. The summed E-state index contributed by atoms with van der Waals surface area (Å²) in [6, 6.07) is 5.33. The van der Waals surface area contributed by atoms with Gasteiger partial charge in [0, 0.05) is 24.1 Å². The molecule has 2 atom stereocenters. The number of nitrogens with zero attached hydrogens (tertiary/aromatic N) is 1. The Hall–Kier alpha value is -3.78. The largest absolute Gasteiger partial charge is 0.348 e. The number of amides is 3.